The Morgan fingerprint density at radius 2 is 1.70 bits per heavy atom. The van der Waals surface area contributed by atoms with Gasteiger partial charge in [0.05, 0.1) is 4.90 Å². The lowest BCUT2D eigenvalue weighted by molar-refractivity contribution is -0.114. The van der Waals surface area contributed by atoms with Gasteiger partial charge in [-0.1, -0.05) is 36.4 Å². The molecule has 1 heterocycles. The number of primary amides is 1. The van der Waals surface area contributed by atoms with Gasteiger partial charge in [-0.05, 0) is 23.8 Å². The van der Waals surface area contributed by atoms with Crippen LogP contribution in [0.25, 0.3) is 0 Å². The molecule has 0 saturated heterocycles. The van der Waals surface area contributed by atoms with Crippen molar-refractivity contribution in [2.75, 3.05) is 10.8 Å². The van der Waals surface area contributed by atoms with Crippen LogP contribution >= 0.6 is 0 Å². The van der Waals surface area contributed by atoms with Crippen molar-refractivity contribution in [3.05, 3.63) is 71.9 Å². The number of para-hydroxylation sites is 1. The maximum absolute atomic E-state index is 12.6. The fourth-order valence-electron chi connectivity index (χ4n) is 2.59. The summed E-state index contributed by atoms with van der Waals surface area (Å²) in [6.07, 6.45) is 1.94. The summed E-state index contributed by atoms with van der Waals surface area (Å²) in [5.74, 6) is -0.785. The maximum Gasteiger partial charge on any atom is 0.246 e. The first kappa shape index (κ1) is 15.3. The second kappa shape index (κ2) is 5.89. The number of benzene rings is 2. The van der Waals surface area contributed by atoms with Crippen LogP contribution in [-0.2, 0) is 21.1 Å². The predicted molar refractivity (Wildman–Crippen MR) is 88.4 cm³/mol. The minimum Gasteiger partial charge on any atom is -0.366 e. The van der Waals surface area contributed by atoms with Crippen molar-refractivity contribution in [1.82, 2.24) is 0 Å². The summed E-state index contributed by atoms with van der Waals surface area (Å²) in [5, 5.41) is 0. The highest BCUT2D eigenvalue weighted by molar-refractivity contribution is 7.91. The fraction of sp³-hybridized carbons (Fsp3) is 0.118. The molecule has 1 amide bonds. The highest BCUT2D eigenvalue weighted by Crippen LogP contribution is 2.29. The van der Waals surface area contributed by atoms with E-state index in [0.717, 1.165) is 11.3 Å². The Bertz CT molecular complexity index is 874. The average molecular weight is 328 g/mol. The van der Waals surface area contributed by atoms with E-state index < -0.39 is 15.7 Å². The Kier molecular flexibility index (Phi) is 3.92. The zero-order valence-electron chi connectivity index (χ0n) is 12.3. The molecule has 1 aliphatic heterocycles. The Labute approximate surface area is 135 Å². The number of nitrogens with zero attached hydrogens (tertiary/aromatic N) is 1. The van der Waals surface area contributed by atoms with E-state index in [1.165, 1.54) is 6.20 Å². The molecule has 0 spiro atoms. The Morgan fingerprint density at radius 1 is 1.04 bits per heavy atom. The van der Waals surface area contributed by atoms with Gasteiger partial charge in [-0.3, -0.25) is 4.79 Å². The van der Waals surface area contributed by atoms with E-state index in [1.807, 2.05) is 24.3 Å². The third-order valence-electron chi connectivity index (χ3n) is 3.72. The molecule has 2 N–H and O–H groups in total. The second-order valence-corrected chi connectivity index (χ2v) is 7.31. The smallest absolute Gasteiger partial charge is 0.246 e. The van der Waals surface area contributed by atoms with Crippen LogP contribution in [0.5, 0.6) is 0 Å². The lowest BCUT2D eigenvalue weighted by Crippen LogP contribution is -2.31. The molecule has 0 bridgehead atoms. The van der Waals surface area contributed by atoms with E-state index in [9.17, 15) is 13.2 Å². The number of rotatable bonds is 4. The molecule has 23 heavy (non-hydrogen) atoms. The van der Waals surface area contributed by atoms with Crippen molar-refractivity contribution in [3.63, 3.8) is 0 Å². The minimum absolute atomic E-state index is 0.245. The van der Waals surface area contributed by atoms with Crippen LogP contribution in [0, 0.1) is 0 Å². The quantitative estimate of drug-likeness (QED) is 0.929. The summed E-state index contributed by atoms with van der Waals surface area (Å²) >= 11 is 0. The van der Waals surface area contributed by atoms with Gasteiger partial charge in [0.25, 0.3) is 0 Å². The number of hydrogen-bond acceptors (Lipinski definition) is 4. The van der Waals surface area contributed by atoms with Crippen molar-refractivity contribution < 1.29 is 13.2 Å². The van der Waals surface area contributed by atoms with Crippen LogP contribution in [0.15, 0.2) is 71.3 Å². The van der Waals surface area contributed by atoms with Crippen LogP contribution in [0.3, 0.4) is 0 Å². The molecule has 2 aromatic carbocycles. The van der Waals surface area contributed by atoms with Crippen molar-refractivity contribution >= 4 is 21.4 Å². The summed E-state index contributed by atoms with van der Waals surface area (Å²) < 4.78 is 25.2. The fourth-order valence-corrected chi connectivity index (χ4v) is 3.89. The van der Waals surface area contributed by atoms with E-state index >= 15 is 0 Å². The third kappa shape index (κ3) is 3.12. The van der Waals surface area contributed by atoms with Crippen molar-refractivity contribution in [2.45, 2.75) is 11.3 Å². The molecule has 118 valence electrons. The third-order valence-corrected chi connectivity index (χ3v) is 5.33. The van der Waals surface area contributed by atoms with Gasteiger partial charge in [-0.2, -0.15) is 0 Å². The summed E-state index contributed by atoms with van der Waals surface area (Å²) in [5.41, 5.74) is 7.43. The number of carbonyl (C=O) groups is 1. The van der Waals surface area contributed by atoms with E-state index in [1.54, 1.807) is 35.2 Å². The topological polar surface area (TPSA) is 80.5 Å². The molecule has 0 aliphatic carbocycles. The SMILES string of the molecule is NC(=O)C1=CN(CS(=O)(=O)c2ccccc2)c2ccccc2C1. The lowest BCUT2D eigenvalue weighted by atomic mass is 10.00. The molecule has 5 nitrogen and oxygen atoms in total. The number of hydrogen-bond donors (Lipinski definition) is 1. The average Bonchev–Trinajstić information content (AvgIpc) is 2.55. The van der Waals surface area contributed by atoms with Gasteiger partial charge in [-0.15, -0.1) is 0 Å². The molecular formula is C17H16N2O3S. The van der Waals surface area contributed by atoms with Gasteiger partial charge < -0.3 is 10.6 Å². The molecular weight excluding hydrogens is 312 g/mol. The zero-order valence-corrected chi connectivity index (χ0v) is 13.2. The largest absolute Gasteiger partial charge is 0.366 e. The van der Waals surface area contributed by atoms with Crippen molar-refractivity contribution in [2.24, 2.45) is 5.73 Å². The number of anilines is 1. The predicted octanol–water partition coefficient (Wildman–Crippen LogP) is 1.85. The Hall–Kier alpha value is -2.60. The molecule has 2 aromatic rings. The first-order valence-electron chi connectivity index (χ1n) is 7.10. The number of amides is 1. The zero-order chi connectivity index (χ0) is 16.4. The molecule has 3 rings (SSSR count). The monoisotopic (exact) mass is 328 g/mol. The van der Waals surface area contributed by atoms with E-state index in [4.69, 9.17) is 5.73 Å². The van der Waals surface area contributed by atoms with E-state index in [0.29, 0.717) is 12.0 Å². The van der Waals surface area contributed by atoms with Crippen LogP contribution < -0.4 is 10.6 Å². The number of nitrogens with two attached hydrogens (primary N) is 1. The van der Waals surface area contributed by atoms with E-state index in [2.05, 4.69) is 0 Å². The lowest BCUT2D eigenvalue weighted by Gasteiger charge is -2.28. The summed E-state index contributed by atoms with van der Waals surface area (Å²) in [7, 11) is -3.52. The van der Waals surface area contributed by atoms with Gasteiger partial charge in [-0.25, -0.2) is 8.42 Å². The van der Waals surface area contributed by atoms with Gasteiger partial charge in [0.2, 0.25) is 5.91 Å². The molecule has 0 radical (unpaired) electrons. The first-order chi connectivity index (χ1) is 11.0. The molecule has 0 fully saturated rings. The Morgan fingerprint density at radius 3 is 2.39 bits per heavy atom. The normalized spacial score (nSPS) is 14.1. The Balaban J connectivity index is 2.00. The highest BCUT2D eigenvalue weighted by atomic mass is 32.2. The van der Waals surface area contributed by atoms with Crippen LogP contribution in [-0.4, -0.2) is 20.2 Å². The van der Waals surface area contributed by atoms with Gasteiger partial charge >= 0.3 is 0 Å². The summed E-state index contributed by atoms with van der Waals surface area (Å²) in [4.78, 5) is 13.3. The van der Waals surface area contributed by atoms with Crippen molar-refractivity contribution in [3.8, 4) is 0 Å². The van der Waals surface area contributed by atoms with Gasteiger partial charge in [0.1, 0.15) is 5.88 Å². The van der Waals surface area contributed by atoms with Crippen LogP contribution in [0.1, 0.15) is 5.56 Å². The standard InChI is InChI=1S/C17H16N2O3S/c18-17(20)14-10-13-6-4-5-9-16(13)19(11-14)12-23(21,22)15-7-2-1-3-8-15/h1-9,11H,10,12H2,(H2,18,20). The molecule has 0 saturated carbocycles. The van der Waals surface area contributed by atoms with Gasteiger partial charge in [0.15, 0.2) is 9.84 Å². The minimum atomic E-state index is -3.52. The first-order valence-corrected chi connectivity index (χ1v) is 8.75. The maximum atomic E-state index is 12.6. The highest BCUT2D eigenvalue weighted by Gasteiger charge is 2.25. The van der Waals surface area contributed by atoms with Crippen LogP contribution in [0.2, 0.25) is 0 Å². The van der Waals surface area contributed by atoms with Gasteiger partial charge in [0, 0.05) is 23.9 Å². The molecule has 0 atom stereocenters. The number of fused-ring (bicyclic) bond motifs is 1. The molecule has 0 unspecified atom stereocenters. The number of sulfone groups is 1. The second-order valence-electron chi connectivity index (χ2n) is 5.35. The molecule has 0 aromatic heterocycles. The van der Waals surface area contributed by atoms with Crippen LogP contribution in [0.4, 0.5) is 5.69 Å². The molecule has 6 heteroatoms. The van der Waals surface area contributed by atoms with Crippen molar-refractivity contribution in [1.29, 1.82) is 0 Å². The van der Waals surface area contributed by atoms with E-state index in [-0.39, 0.29) is 10.8 Å². The summed E-state index contributed by atoms with van der Waals surface area (Å²) in [6, 6.07) is 15.6. The number of carbonyl (C=O) groups excluding carboxylic acids is 1. The molecule has 1 aliphatic rings. The summed E-state index contributed by atoms with van der Waals surface area (Å²) in [6.45, 7) is 0.